The normalized spacial score (nSPS) is 26.1. The van der Waals surface area contributed by atoms with Crippen LogP contribution in [0.25, 0.3) is 0 Å². The average Bonchev–Trinajstić information content (AvgIpc) is 2.97. The van der Waals surface area contributed by atoms with Crippen LogP contribution in [0.15, 0.2) is 0 Å². The molecular formula is C16H27N3O2. The number of likely N-dealkylation sites (tertiary alicyclic amines) is 1. The molecule has 5 heteroatoms. The molecule has 5 nitrogen and oxygen atoms in total. The number of nitrogens with zero attached hydrogens (tertiary/aromatic N) is 2. The van der Waals surface area contributed by atoms with E-state index in [0.29, 0.717) is 12.1 Å². The Morgan fingerprint density at radius 3 is 2.43 bits per heavy atom. The van der Waals surface area contributed by atoms with Gasteiger partial charge in [-0.1, -0.05) is 12.8 Å². The maximum Gasteiger partial charge on any atom is 0.317 e. The highest BCUT2D eigenvalue weighted by Crippen LogP contribution is 2.29. The molecule has 2 saturated carbocycles. The van der Waals surface area contributed by atoms with Crippen LogP contribution in [0.3, 0.4) is 0 Å². The van der Waals surface area contributed by atoms with E-state index in [2.05, 4.69) is 5.32 Å². The summed E-state index contributed by atoms with van der Waals surface area (Å²) in [6, 6.07) is 1.09. The van der Waals surface area contributed by atoms with Crippen LogP contribution in [0.2, 0.25) is 0 Å². The Bertz CT molecular complexity index is 402. The van der Waals surface area contributed by atoms with Gasteiger partial charge in [-0.2, -0.15) is 0 Å². The Balaban J connectivity index is 1.56. The molecule has 0 bridgehead atoms. The van der Waals surface area contributed by atoms with Crippen LogP contribution >= 0.6 is 0 Å². The Morgan fingerprint density at radius 1 is 1.10 bits per heavy atom. The summed E-state index contributed by atoms with van der Waals surface area (Å²) in [5.41, 5.74) is 0. The van der Waals surface area contributed by atoms with Gasteiger partial charge in [0.2, 0.25) is 5.91 Å². The largest absolute Gasteiger partial charge is 0.338 e. The van der Waals surface area contributed by atoms with E-state index < -0.39 is 0 Å². The fourth-order valence-corrected chi connectivity index (χ4v) is 3.77. The fraction of sp³-hybridized carbons (Fsp3) is 0.875. The molecule has 1 aliphatic heterocycles. The molecule has 21 heavy (non-hydrogen) atoms. The van der Waals surface area contributed by atoms with E-state index in [9.17, 15) is 9.59 Å². The van der Waals surface area contributed by atoms with Gasteiger partial charge in [0.15, 0.2) is 0 Å². The van der Waals surface area contributed by atoms with Crippen molar-refractivity contribution in [2.45, 2.75) is 76.4 Å². The van der Waals surface area contributed by atoms with Gasteiger partial charge < -0.3 is 15.1 Å². The highest BCUT2D eigenvalue weighted by atomic mass is 16.2. The zero-order valence-electron chi connectivity index (χ0n) is 13.0. The molecule has 0 aromatic heterocycles. The molecule has 3 aliphatic rings. The summed E-state index contributed by atoms with van der Waals surface area (Å²) in [5.74, 6) is 0.153. The van der Waals surface area contributed by atoms with Crippen molar-refractivity contribution in [1.29, 1.82) is 0 Å². The SMILES string of the molecule is CC(=O)N(C[C@H]1CCCN1C(=O)NC1CCCC1)C1CC1. The topological polar surface area (TPSA) is 52.7 Å². The van der Waals surface area contributed by atoms with Gasteiger partial charge in [0.1, 0.15) is 0 Å². The van der Waals surface area contributed by atoms with Crippen LogP contribution in [-0.4, -0.2) is 53.0 Å². The van der Waals surface area contributed by atoms with E-state index >= 15 is 0 Å². The van der Waals surface area contributed by atoms with Crippen molar-refractivity contribution in [2.75, 3.05) is 13.1 Å². The maximum absolute atomic E-state index is 12.5. The first-order valence-corrected chi connectivity index (χ1v) is 8.49. The summed E-state index contributed by atoms with van der Waals surface area (Å²) >= 11 is 0. The van der Waals surface area contributed by atoms with E-state index in [0.717, 1.165) is 51.6 Å². The zero-order chi connectivity index (χ0) is 14.8. The average molecular weight is 293 g/mol. The lowest BCUT2D eigenvalue weighted by Crippen LogP contribution is -2.50. The molecule has 3 rings (SSSR count). The minimum atomic E-state index is 0.0868. The molecule has 1 atom stereocenters. The number of carbonyl (C=O) groups excluding carboxylic acids is 2. The molecule has 2 aliphatic carbocycles. The Kier molecular flexibility index (Phi) is 4.36. The van der Waals surface area contributed by atoms with Gasteiger partial charge in [-0.3, -0.25) is 4.79 Å². The number of urea groups is 1. The third kappa shape index (κ3) is 3.50. The monoisotopic (exact) mass is 293 g/mol. The van der Waals surface area contributed by atoms with E-state index in [1.807, 2.05) is 9.80 Å². The molecule has 3 amide bonds. The van der Waals surface area contributed by atoms with Gasteiger partial charge in [0, 0.05) is 32.1 Å². The summed E-state index contributed by atoms with van der Waals surface area (Å²) in [6.07, 6.45) is 9.02. The Hall–Kier alpha value is -1.26. The highest BCUT2D eigenvalue weighted by molar-refractivity contribution is 5.76. The minimum Gasteiger partial charge on any atom is -0.338 e. The van der Waals surface area contributed by atoms with Crippen molar-refractivity contribution in [3.63, 3.8) is 0 Å². The van der Waals surface area contributed by atoms with Crippen LogP contribution in [0, 0.1) is 0 Å². The second-order valence-corrected chi connectivity index (χ2v) is 6.82. The standard InChI is InChI=1S/C16H27N3O2/c1-12(20)19(14-8-9-14)11-15-7-4-10-18(15)16(21)17-13-5-2-3-6-13/h13-15H,2-11H2,1H3,(H,17,21)/t15-/m1/s1. The van der Waals surface area contributed by atoms with Crippen molar-refractivity contribution in [1.82, 2.24) is 15.1 Å². The second kappa shape index (κ2) is 6.24. The number of hydrogen-bond acceptors (Lipinski definition) is 2. The Labute approximate surface area is 127 Å². The van der Waals surface area contributed by atoms with Crippen LogP contribution in [0.5, 0.6) is 0 Å². The highest BCUT2D eigenvalue weighted by Gasteiger charge is 2.37. The van der Waals surface area contributed by atoms with Gasteiger partial charge in [0.05, 0.1) is 6.04 Å². The Morgan fingerprint density at radius 2 is 1.81 bits per heavy atom. The second-order valence-electron chi connectivity index (χ2n) is 6.82. The van der Waals surface area contributed by atoms with E-state index in [1.54, 1.807) is 6.92 Å². The number of hydrogen-bond donors (Lipinski definition) is 1. The van der Waals surface area contributed by atoms with Gasteiger partial charge in [-0.05, 0) is 38.5 Å². The van der Waals surface area contributed by atoms with Crippen molar-refractivity contribution in [3.05, 3.63) is 0 Å². The number of carbonyl (C=O) groups is 2. The first kappa shape index (κ1) is 14.7. The lowest BCUT2D eigenvalue weighted by Gasteiger charge is -2.31. The number of nitrogens with one attached hydrogen (secondary N) is 1. The van der Waals surface area contributed by atoms with Gasteiger partial charge >= 0.3 is 6.03 Å². The fourth-order valence-electron chi connectivity index (χ4n) is 3.77. The van der Waals surface area contributed by atoms with Crippen LogP contribution < -0.4 is 5.32 Å². The summed E-state index contributed by atoms with van der Waals surface area (Å²) in [5, 5.41) is 3.18. The van der Waals surface area contributed by atoms with Crippen molar-refractivity contribution in [3.8, 4) is 0 Å². The lowest BCUT2D eigenvalue weighted by atomic mass is 10.2. The molecule has 1 N–H and O–H groups in total. The van der Waals surface area contributed by atoms with Gasteiger partial charge in [-0.25, -0.2) is 4.79 Å². The summed E-state index contributed by atoms with van der Waals surface area (Å²) < 4.78 is 0. The van der Waals surface area contributed by atoms with E-state index in [1.165, 1.54) is 12.8 Å². The first-order chi connectivity index (χ1) is 10.1. The minimum absolute atomic E-state index is 0.0868. The van der Waals surface area contributed by atoms with Crippen molar-refractivity contribution in [2.24, 2.45) is 0 Å². The summed E-state index contributed by atoms with van der Waals surface area (Å²) in [7, 11) is 0. The van der Waals surface area contributed by atoms with Crippen LogP contribution in [0.1, 0.15) is 58.3 Å². The molecule has 118 valence electrons. The molecule has 0 aromatic rings. The summed E-state index contributed by atoms with van der Waals surface area (Å²) in [4.78, 5) is 28.2. The molecule has 0 aromatic carbocycles. The smallest absolute Gasteiger partial charge is 0.317 e. The van der Waals surface area contributed by atoms with Gasteiger partial charge in [0.25, 0.3) is 0 Å². The molecule has 0 unspecified atom stereocenters. The quantitative estimate of drug-likeness (QED) is 0.863. The predicted molar refractivity (Wildman–Crippen MR) is 80.9 cm³/mol. The molecule has 1 saturated heterocycles. The summed E-state index contributed by atoms with van der Waals surface area (Å²) in [6.45, 7) is 3.20. The molecule has 0 spiro atoms. The third-order valence-electron chi connectivity index (χ3n) is 5.12. The zero-order valence-corrected chi connectivity index (χ0v) is 13.0. The van der Waals surface area contributed by atoms with E-state index in [4.69, 9.17) is 0 Å². The van der Waals surface area contributed by atoms with Crippen molar-refractivity contribution >= 4 is 11.9 Å². The molecule has 3 fully saturated rings. The number of rotatable bonds is 4. The van der Waals surface area contributed by atoms with Crippen LogP contribution in [0.4, 0.5) is 4.79 Å². The van der Waals surface area contributed by atoms with Gasteiger partial charge in [-0.15, -0.1) is 0 Å². The molecule has 0 radical (unpaired) electrons. The predicted octanol–water partition coefficient (Wildman–Crippen LogP) is 2.11. The first-order valence-electron chi connectivity index (χ1n) is 8.49. The maximum atomic E-state index is 12.5. The number of amides is 3. The van der Waals surface area contributed by atoms with Crippen LogP contribution in [-0.2, 0) is 4.79 Å². The van der Waals surface area contributed by atoms with E-state index in [-0.39, 0.29) is 18.0 Å². The third-order valence-corrected chi connectivity index (χ3v) is 5.12. The molecular weight excluding hydrogens is 266 g/mol. The lowest BCUT2D eigenvalue weighted by molar-refractivity contribution is -0.130. The van der Waals surface area contributed by atoms with Crippen molar-refractivity contribution < 1.29 is 9.59 Å². The molecule has 1 heterocycles.